The van der Waals surface area contributed by atoms with Gasteiger partial charge in [0.2, 0.25) is 11.8 Å². The molecule has 3 N–H and O–H groups in total. The fraction of sp³-hybridized carbons (Fsp3) is 0.579. The van der Waals surface area contributed by atoms with Crippen LogP contribution in [0.1, 0.15) is 46.1 Å². The summed E-state index contributed by atoms with van der Waals surface area (Å²) in [6.07, 6.45) is 1.71. The molecule has 0 bridgehead atoms. The van der Waals surface area contributed by atoms with Crippen molar-refractivity contribution >= 4 is 23.2 Å². The van der Waals surface area contributed by atoms with E-state index in [2.05, 4.69) is 22.9 Å². The van der Waals surface area contributed by atoms with Crippen molar-refractivity contribution in [2.75, 3.05) is 17.2 Å². The van der Waals surface area contributed by atoms with Crippen molar-refractivity contribution in [1.29, 1.82) is 0 Å². The predicted molar refractivity (Wildman–Crippen MR) is 98.1 cm³/mol. The molecular weight excluding hydrogens is 302 g/mol. The number of amides is 2. The Kier molecular flexibility index (Phi) is 5.65. The van der Waals surface area contributed by atoms with Gasteiger partial charge in [-0.2, -0.15) is 0 Å². The molecule has 1 aromatic rings. The molecule has 2 atom stereocenters. The van der Waals surface area contributed by atoms with Gasteiger partial charge in [0, 0.05) is 28.7 Å². The van der Waals surface area contributed by atoms with Gasteiger partial charge in [0.1, 0.15) is 0 Å². The zero-order chi connectivity index (χ0) is 17.9. The van der Waals surface area contributed by atoms with Gasteiger partial charge in [-0.3, -0.25) is 9.59 Å². The van der Waals surface area contributed by atoms with Gasteiger partial charge in [-0.25, -0.2) is 0 Å². The minimum atomic E-state index is -0.459. The van der Waals surface area contributed by atoms with Crippen molar-refractivity contribution < 1.29 is 9.59 Å². The van der Waals surface area contributed by atoms with E-state index < -0.39 is 5.41 Å². The first-order chi connectivity index (χ1) is 11.2. The van der Waals surface area contributed by atoms with Gasteiger partial charge < -0.3 is 16.0 Å². The topological polar surface area (TPSA) is 70.2 Å². The molecule has 1 aromatic carbocycles. The van der Waals surface area contributed by atoms with E-state index in [-0.39, 0.29) is 17.7 Å². The van der Waals surface area contributed by atoms with Gasteiger partial charge in [0.25, 0.3) is 0 Å². The first-order valence-electron chi connectivity index (χ1n) is 8.63. The molecule has 1 aliphatic heterocycles. The standard InChI is InChI=1S/C19H29N3O2/c1-12-6-7-15(21-18(24)19(3,4)5)11-16(12)22-17(23)14-8-9-20-13(2)10-14/h6-7,11,13-14,20H,8-10H2,1-5H3,(H,21,24)(H,22,23)/t13-,14-/m0/s1. The Labute approximate surface area is 144 Å². The van der Waals surface area contributed by atoms with E-state index in [4.69, 9.17) is 0 Å². The summed E-state index contributed by atoms with van der Waals surface area (Å²) in [5.74, 6) is 0.0510. The quantitative estimate of drug-likeness (QED) is 0.796. The summed E-state index contributed by atoms with van der Waals surface area (Å²) in [6.45, 7) is 10.6. The number of carbonyl (C=O) groups is 2. The molecule has 1 saturated heterocycles. The second-order valence-electron chi connectivity index (χ2n) is 7.80. The average Bonchev–Trinajstić information content (AvgIpc) is 2.49. The number of carbonyl (C=O) groups excluding carboxylic acids is 2. The maximum absolute atomic E-state index is 12.5. The van der Waals surface area contributed by atoms with E-state index >= 15 is 0 Å². The Bertz CT molecular complexity index is 620. The molecule has 1 fully saturated rings. The molecule has 0 unspecified atom stereocenters. The van der Waals surface area contributed by atoms with Gasteiger partial charge >= 0.3 is 0 Å². The van der Waals surface area contributed by atoms with E-state index in [1.54, 1.807) is 0 Å². The molecule has 0 saturated carbocycles. The first-order valence-corrected chi connectivity index (χ1v) is 8.63. The number of nitrogens with one attached hydrogen (secondary N) is 3. The highest BCUT2D eigenvalue weighted by Gasteiger charge is 2.25. The fourth-order valence-electron chi connectivity index (χ4n) is 2.76. The number of piperidine rings is 1. The van der Waals surface area contributed by atoms with Crippen LogP contribution in [0.15, 0.2) is 18.2 Å². The summed E-state index contributed by atoms with van der Waals surface area (Å²) in [5, 5.41) is 9.30. The third kappa shape index (κ3) is 4.81. The molecule has 5 nitrogen and oxygen atoms in total. The van der Waals surface area contributed by atoms with Crippen LogP contribution >= 0.6 is 0 Å². The van der Waals surface area contributed by atoms with Gasteiger partial charge in [0.05, 0.1) is 0 Å². The Hall–Kier alpha value is -1.88. The normalized spacial score (nSPS) is 21.2. The third-order valence-electron chi connectivity index (χ3n) is 4.43. The average molecular weight is 331 g/mol. The van der Waals surface area contributed by atoms with Gasteiger partial charge in [-0.05, 0) is 50.9 Å². The summed E-state index contributed by atoms with van der Waals surface area (Å²) < 4.78 is 0. The monoisotopic (exact) mass is 331 g/mol. The molecule has 0 aliphatic carbocycles. The van der Waals surface area contributed by atoms with Crippen LogP contribution < -0.4 is 16.0 Å². The highest BCUT2D eigenvalue weighted by molar-refractivity contribution is 5.97. The highest BCUT2D eigenvalue weighted by Crippen LogP contribution is 2.25. The van der Waals surface area contributed by atoms with Crippen molar-refractivity contribution in [2.45, 2.75) is 53.5 Å². The fourth-order valence-corrected chi connectivity index (χ4v) is 2.76. The molecule has 132 valence electrons. The predicted octanol–water partition coefficient (Wildman–Crippen LogP) is 3.31. The molecule has 2 amide bonds. The third-order valence-corrected chi connectivity index (χ3v) is 4.43. The van der Waals surface area contributed by atoms with Crippen LogP contribution in [0, 0.1) is 18.3 Å². The number of benzene rings is 1. The van der Waals surface area contributed by atoms with Crippen molar-refractivity contribution in [3.05, 3.63) is 23.8 Å². The van der Waals surface area contributed by atoms with Crippen LogP contribution in [0.2, 0.25) is 0 Å². The number of anilines is 2. The Morgan fingerprint density at radius 2 is 1.92 bits per heavy atom. The lowest BCUT2D eigenvalue weighted by Gasteiger charge is -2.27. The maximum Gasteiger partial charge on any atom is 0.229 e. The Balaban J connectivity index is 2.08. The lowest BCUT2D eigenvalue weighted by molar-refractivity contribution is -0.123. The maximum atomic E-state index is 12.5. The van der Waals surface area contributed by atoms with E-state index in [1.807, 2.05) is 45.9 Å². The molecule has 0 radical (unpaired) electrons. The van der Waals surface area contributed by atoms with Crippen LogP contribution in [-0.4, -0.2) is 24.4 Å². The number of hydrogen-bond donors (Lipinski definition) is 3. The van der Waals surface area contributed by atoms with E-state index in [0.717, 1.165) is 30.6 Å². The SMILES string of the molecule is Cc1ccc(NC(=O)C(C)(C)C)cc1NC(=O)[C@H]1CCN[C@@H](C)C1. The summed E-state index contributed by atoms with van der Waals surface area (Å²) >= 11 is 0. The van der Waals surface area contributed by atoms with E-state index in [9.17, 15) is 9.59 Å². The second kappa shape index (κ2) is 7.34. The van der Waals surface area contributed by atoms with Crippen LogP contribution in [0.25, 0.3) is 0 Å². The smallest absolute Gasteiger partial charge is 0.229 e. The minimum Gasteiger partial charge on any atom is -0.326 e. The van der Waals surface area contributed by atoms with E-state index in [0.29, 0.717) is 11.7 Å². The summed E-state index contributed by atoms with van der Waals surface area (Å²) in [6, 6.07) is 5.98. The second-order valence-corrected chi connectivity index (χ2v) is 7.80. The molecule has 1 aliphatic rings. The van der Waals surface area contributed by atoms with Crippen LogP contribution in [0.4, 0.5) is 11.4 Å². The lowest BCUT2D eigenvalue weighted by Crippen LogP contribution is -2.40. The first kappa shape index (κ1) is 18.5. The van der Waals surface area contributed by atoms with Crippen LogP contribution in [-0.2, 0) is 9.59 Å². The van der Waals surface area contributed by atoms with Crippen LogP contribution in [0.3, 0.4) is 0 Å². The molecule has 1 heterocycles. The summed E-state index contributed by atoms with van der Waals surface area (Å²) in [7, 11) is 0. The molecular formula is C19H29N3O2. The number of hydrogen-bond acceptors (Lipinski definition) is 3. The van der Waals surface area contributed by atoms with E-state index in [1.165, 1.54) is 0 Å². The van der Waals surface area contributed by atoms with Gasteiger partial charge in [-0.15, -0.1) is 0 Å². The van der Waals surface area contributed by atoms with Crippen molar-refractivity contribution in [3.8, 4) is 0 Å². The Morgan fingerprint density at radius 1 is 1.21 bits per heavy atom. The minimum absolute atomic E-state index is 0.0356. The van der Waals surface area contributed by atoms with Crippen molar-refractivity contribution in [2.24, 2.45) is 11.3 Å². The lowest BCUT2D eigenvalue weighted by atomic mass is 9.92. The molecule has 0 aromatic heterocycles. The van der Waals surface area contributed by atoms with Crippen molar-refractivity contribution in [1.82, 2.24) is 5.32 Å². The molecule has 2 rings (SSSR count). The van der Waals surface area contributed by atoms with Crippen molar-refractivity contribution in [3.63, 3.8) is 0 Å². The largest absolute Gasteiger partial charge is 0.326 e. The van der Waals surface area contributed by atoms with Crippen LogP contribution in [0.5, 0.6) is 0 Å². The molecule has 0 spiro atoms. The number of rotatable bonds is 3. The summed E-state index contributed by atoms with van der Waals surface area (Å²) in [5.41, 5.74) is 1.99. The highest BCUT2D eigenvalue weighted by atomic mass is 16.2. The summed E-state index contributed by atoms with van der Waals surface area (Å²) in [4.78, 5) is 24.7. The Morgan fingerprint density at radius 3 is 2.54 bits per heavy atom. The molecule has 5 heteroatoms. The zero-order valence-electron chi connectivity index (χ0n) is 15.3. The van der Waals surface area contributed by atoms with Gasteiger partial charge in [-0.1, -0.05) is 26.8 Å². The van der Waals surface area contributed by atoms with Gasteiger partial charge in [0.15, 0.2) is 0 Å². The zero-order valence-corrected chi connectivity index (χ0v) is 15.3. The molecule has 24 heavy (non-hydrogen) atoms. The number of aryl methyl sites for hydroxylation is 1.